The molecule has 0 heterocycles. The Morgan fingerprint density at radius 3 is 2.53 bits per heavy atom. The Bertz CT molecular complexity index is 222. The van der Waals surface area contributed by atoms with Crippen LogP contribution < -0.4 is 5.32 Å². The minimum absolute atomic E-state index is 0.0291. The van der Waals surface area contributed by atoms with Crippen LogP contribution in [0.3, 0.4) is 0 Å². The zero-order valence-corrected chi connectivity index (χ0v) is 11.1. The molecule has 0 aromatic heterocycles. The molecule has 0 aromatic rings. The lowest BCUT2D eigenvalue weighted by Crippen LogP contribution is -2.41. The van der Waals surface area contributed by atoms with Gasteiger partial charge in [-0.1, -0.05) is 39.0 Å². The number of carbonyl (C=O) groups is 1. The Morgan fingerprint density at radius 1 is 1.24 bits per heavy atom. The molecule has 0 atom stereocenters. The van der Waals surface area contributed by atoms with Gasteiger partial charge in [0.1, 0.15) is 0 Å². The second kappa shape index (κ2) is 7.70. The average Bonchev–Trinajstić information content (AvgIpc) is 2.38. The lowest BCUT2D eigenvalue weighted by atomic mass is 9.74. The van der Waals surface area contributed by atoms with E-state index in [1.165, 1.54) is 19.3 Å². The molecule has 0 aromatic carbocycles. The molecule has 1 fully saturated rings. The smallest absolute Gasteiger partial charge is 0.220 e. The van der Waals surface area contributed by atoms with Gasteiger partial charge in [0.25, 0.3) is 0 Å². The van der Waals surface area contributed by atoms with Crippen LogP contribution >= 0.6 is 0 Å². The van der Waals surface area contributed by atoms with Crippen LogP contribution in [0, 0.1) is 5.41 Å². The first-order valence-corrected chi connectivity index (χ1v) is 7.10. The second-order valence-electron chi connectivity index (χ2n) is 5.45. The van der Waals surface area contributed by atoms with Gasteiger partial charge in [0.2, 0.25) is 5.91 Å². The monoisotopic (exact) mass is 241 g/mol. The Labute approximate surface area is 105 Å². The van der Waals surface area contributed by atoms with Gasteiger partial charge in [0, 0.05) is 18.4 Å². The van der Waals surface area contributed by atoms with E-state index in [-0.39, 0.29) is 17.9 Å². The maximum atomic E-state index is 11.6. The molecule has 2 N–H and O–H groups in total. The number of unbranched alkanes of at least 4 members (excludes halogenated alkanes) is 2. The summed E-state index contributed by atoms with van der Waals surface area (Å²) in [6.07, 6.45) is 9.64. The fourth-order valence-electron chi connectivity index (χ4n) is 2.60. The maximum absolute atomic E-state index is 11.6. The topological polar surface area (TPSA) is 49.3 Å². The largest absolute Gasteiger partial charge is 0.396 e. The maximum Gasteiger partial charge on any atom is 0.220 e. The van der Waals surface area contributed by atoms with E-state index in [0.29, 0.717) is 13.0 Å². The molecule has 0 saturated heterocycles. The van der Waals surface area contributed by atoms with Gasteiger partial charge < -0.3 is 10.4 Å². The van der Waals surface area contributed by atoms with E-state index >= 15 is 0 Å². The third-order valence-electron chi connectivity index (χ3n) is 3.92. The highest BCUT2D eigenvalue weighted by Gasteiger charge is 2.31. The number of hydrogen-bond donors (Lipinski definition) is 2. The number of aliphatic hydroxyl groups excluding tert-OH is 1. The first-order valence-electron chi connectivity index (χ1n) is 7.10. The summed E-state index contributed by atoms with van der Waals surface area (Å²) >= 11 is 0. The summed E-state index contributed by atoms with van der Waals surface area (Å²) in [7, 11) is 0. The Hall–Kier alpha value is -0.570. The summed E-state index contributed by atoms with van der Waals surface area (Å²) in [5, 5.41) is 12.5. The van der Waals surface area contributed by atoms with Crippen LogP contribution in [0.15, 0.2) is 0 Å². The highest BCUT2D eigenvalue weighted by Crippen LogP contribution is 2.35. The van der Waals surface area contributed by atoms with E-state index in [9.17, 15) is 9.90 Å². The normalized spacial score (nSPS) is 18.9. The Morgan fingerprint density at radius 2 is 1.94 bits per heavy atom. The third-order valence-corrected chi connectivity index (χ3v) is 3.92. The lowest BCUT2D eigenvalue weighted by Gasteiger charge is -2.35. The van der Waals surface area contributed by atoms with Crippen molar-refractivity contribution < 1.29 is 9.90 Å². The molecule has 100 valence electrons. The molecule has 0 unspecified atom stereocenters. The number of hydrogen-bond acceptors (Lipinski definition) is 2. The minimum atomic E-state index is -0.0291. The molecule has 3 nitrogen and oxygen atoms in total. The molecule has 1 amide bonds. The van der Waals surface area contributed by atoms with Crippen LogP contribution in [-0.4, -0.2) is 24.2 Å². The van der Waals surface area contributed by atoms with Crippen LogP contribution in [-0.2, 0) is 4.79 Å². The van der Waals surface area contributed by atoms with Gasteiger partial charge in [-0.25, -0.2) is 0 Å². The van der Waals surface area contributed by atoms with E-state index in [1.807, 2.05) is 0 Å². The number of rotatable bonds is 7. The van der Waals surface area contributed by atoms with Crippen molar-refractivity contribution in [2.24, 2.45) is 5.41 Å². The molecular weight excluding hydrogens is 214 g/mol. The van der Waals surface area contributed by atoms with Gasteiger partial charge >= 0.3 is 0 Å². The standard InChI is InChI=1S/C14H27NO2/c1-2-3-5-8-13(17)15-11-14(12-16)9-6-4-7-10-14/h16H,2-12H2,1H3,(H,15,17). The molecule has 1 aliphatic rings. The predicted octanol–water partition coefficient (Wildman–Crippen LogP) is 2.63. The van der Waals surface area contributed by atoms with Crippen molar-refractivity contribution in [1.29, 1.82) is 0 Å². The molecule has 1 saturated carbocycles. The fourth-order valence-corrected chi connectivity index (χ4v) is 2.60. The average molecular weight is 241 g/mol. The quantitative estimate of drug-likeness (QED) is 0.673. The first-order chi connectivity index (χ1) is 8.22. The second-order valence-corrected chi connectivity index (χ2v) is 5.45. The van der Waals surface area contributed by atoms with Crippen LogP contribution in [0.4, 0.5) is 0 Å². The number of nitrogens with one attached hydrogen (secondary N) is 1. The van der Waals surface area contributed by atoms with E-state index in [0.717, 1.165) is 32.1 Å². The molecule has 0 bridgehead atoms. The van der Waals surface area contributed by atoms with Crippen molar-refractivity contribution in [3.8, 4) is 0 Å². The van der Waals surface area contributed by atoms with Crippen LogP contribution in [0.1, 0.15) is 64.7 Å². The molecule has 3 heteroatoms. The fraction of sp³-hybridized carbons (Fsp3) is 0.929. The highest BCUT2D eigenvalue weighted by molar-refractivity contribution is 5.75. The Balaban J connectivity index is 2.24. The van der Waals surface area contributed by atoms with Gasteiger partial charge in [-0.05, 0) is 19.3 Å². The summed E-state index contributed by atoms with van der Waals surface area (Å²) in [6, 6.07) is 0. The van der Waals surface area contributed by atoms with Gasteiger partial charge in [-0.15, -0.1) is 0 Å². The Kier molecular flexibility index (Phi) is 6.56. The summed E-state index contributed by atoms with van der Waals surface area (Å²) in [4.78, 5) is 11.6. The van der Waals surface area contributed by atoms with Gasteiger partial charge in [-0.3, -0.25) is 4.79 Å². The number of aliphatic hydroxyl groups is 1. The van der Waals surface area contributed by atoms with Gasteiger partial charge in [-0.2, -0.15) is 0 Å². The summed E-state index contributed by atoms with van der Waals surface area (Å²) in [5.74, 6) is 0.150. The zero-order chi connectivity index (χ0) is 12.6. The molecule has 0 radical (unpaired) electrons. The lowest BCUT2D eigenvalue weighted by molar-refractivity contribution is -0.122. The zero-order valence-electron chi connectivity index (χ0n) is 11.1. The van der Waals surface area contributed by atoms with Crippen LogP contribution in [0.2, 0.25) is 0 Å². The first kappa shape index (κ1) is 14.5. The highest BCUT2D eigenvalue weighted by atomic mass is 16.3. The van der Waals surface area contributed by atoms with Crippen molar-refractivity contribution in [2.75, 3.05) is 13.2 Å². The van der Waals surface area contributed by atoms with Crippen molar-refractivity contribution in [2.45, 2.75) is 64.7 Å². The summed E-state index contributed by atoms with van der Waals surface area (Å²) in [6.45, 7) is 3.01. The van der Waals surface area contributed by atoms with E-state index in [4.69, 9.17) is 0 Å². The molecule has 17 heavy (non-hydrogen) atoms. The molecule has 1 rings (SSSR count). The predicted molar refractivity (Wildman–Crippen MR) is 69.8 cm³/mol. The third kappa shape index (κ3) is 5.07. The van der Waals surface area contributed by atoms with Gasteiger partial charge in [0.15, 0.2) is 0 Å². The van der Waals surface area contributed by atoms with Crippen molar-refractivity contribution >= 4 is 5.91 Å². The van der Waals surface area contributed by atoms with E-state index in [2.05, 4.69) is 12.2 Å². The summed E-state index contributed by atoms with van der Waals surface area (Å²) in [5.41, 5.74) is -0.0291. The van der Waals surface area contributed by atoms with Crippen LogP contribution in [0.25, 0.3) is 0 Å². The van der Waals surface area contributed by atoms with Crippen molar-refractivity contribution in [1.82, 2.24) is 5.32 Å². The SMILES string of the molecule is CCCCCC(=O)NCC1(CO)CCCCC1. The number of carbonyl (C=O) groups excluding carboxylic acids is 1. The van der Waals surface area contributed by atoms with Crippen LogP contribution in [0.5, 0.6) is 0 Å². The number of amides is 1. The van der Waals surface area contributed by atoms with Crippen molar-refractivity contribution in [3.63, 3.8) is 0 Å². The molecule has 1 aliphatic carbocycles. The summed E-state index contributed by atoms with van der Waals surface area (Å²) < 4.78 is 0. The molecule has 0 aliphatic heterocycles. The van der Waals surface area contributed by atoms with E-state index < -0.39 is 0 Å². The van der Waals surface area contributed by atoms with E-state index in [1.54, 1.807) is 0 Å². The van der Waals surface area contributed by atoms with Crippen molar-refractivity contribution in [3.05, 3.63) is 0 Å². The minimum Gasteiger partial charge on any atom is -0.396 e. The molecule has 0 spiro atoms. The van der Waals surface area contributed by atoms with Gasteiger partial charge in [0.05, 0.1) is 6.61 Å². The molecular formula is C14H27NO2.